The normalized spacial score (nSPS) is 18.1. The Balaban J connectivity index is 1.89. The van der Waals surface area contributed by atoms with Crippen molar-refractivity contribution in [3.05, 3.63) is 62.1 Å². The Morgan fingerprint density at radius 1 is 1.45 bits per heavy atom. The van der Waals surface area contributed by atoms with E-state index in [-0.39, 0.29) is 23.0 Å². The number of thiazole rings is 1. The lowest BCUT2D eigenvalue weighted by Gasteiger charge is -2.25. The molecule has 4 rings (SSSR count). The highest BCUT2D eigenvalue weighted by Gasteiger charge is 2.38. The van der Waals surface area contributed by atoms with Gasteiger partial charge in [0.25, 0.3) is 0 Å². The minimum atomic E-state index is -0.609. The number of aromatic amines is 1. The fourth-order valence-electron chi connectivity index (χ4n) is 3.26. The molecule has 1 aromatic carbocycles. The van der Waals surface area contributed by atoms with Gasteiger partial charge >= 0.3 is 10.8 Å². The maximum absolute atomic E-state index is 13.3. The molecule has 0 saturated carbocycles. The van der Waals surface area contributed by atoms with Gasteiger partial charge in [-0.1, -0.05) is 11.3 Å². The van der Waals surface area contributed by atoms with Gasteiger partial charge in [-0.3, -0.25) is 4.79 Å². The monoisotopic (exact) mass is 430 g/mol. The Morgan fingerprint density at radius 3 is 2.90 bits per heavy atom. The lowest BCUT2D eigenvalue weighted by atomic mass is 9.86. The molecule has 10 heteroatoms. The van der Waals surface area contributed by atoms with Gasteiger partial charge < -0.3 is 9.72 Å². The first-order valence-corrected chi connectivity index (χ1v) is 10.6. The van der Waals surface area contributed by atoms with Gasteiger partial charge in [0, 0.05) is 28.3 Å². The number of nitrogens with one attached hydrogen (secondary N) is 1. The van der Waals surface area contributed by atoms with Gasteiger partial charge in [-0.25, -0.2) is 13.9 Å². The maximum Gasteiger partial charge on any atom is 0.359 e. The van der Waals surface area contributed by atoms with Crippen LogP contribution in [0.2, 0.25) is 0 Å². The first-order valence-electron chi connectivity index (χ1n) is 8.79. The van der Waals surface area contributed by atoms with E-state index in [1.165, 1.54) is 28.6 Å². The van der Waals surface area contributed by atoms with E-state index in [4.69, 9.17) is 4.74 Å². The molecule has 0 aliphatic carbocycles. The van der Waals surface area contributed by atoms with Crippen LogP contribution in [0.1, 0.15) is 33.8 Å². The van der Waals surface area contributed by atoms with Crippen molar-refractivity contribution in [2.24, 2.45) is 5.92 Å². The molecule has 0 unspecified atom stereocenters. The van der Waals surface area contributed by atoms with Crippen molar-refractivity contribution in [1.82, 2.24) is 14.8 Å². The molecule has 0 fully saturated rings. The van der Waals surface area contributed by atoms with Gasteiger partial charge in [0.05, 0.1) is 29.3 Å². The van der Waals surface area contributed by atoms with Crippen molar-refractivity contribution in [3.8, 4) is 11.8 Å². The van der Waals surface area contributed by atoms with Crippen molar-refractivity contribution < 1.29 is 13.9 Å². The molecule has 0 bridgehead atoms. The van der Waals surface area contributed by atoms with Gasteiger partial charge in [-0.15, -0.1) is 11.8 Å². The number of halogens is 1. The number of nitriles is 1. The number of carbonyl (C=O) groups is 1. The predicted molar refractivity (Wildman–Crippen MR) is 106 cm³/mol. The van der Waals surface area contributed by atoms with E-state index in [1.807, 2.05) is 0 Å². The smallest absolute Gasteiger partial charge is 0.359 e. The van der Waals surface area contributed by atoms with Crippen molar-refractivity contribution >= 4 is 29.1 Å². The van der Waals surface area contributed by atoms with E-state index in [0.717, 1.165) is 11.3 Å². The summed E-state index contributed by atoms with van der Waals surface area (Å²) in [6.07, 6.45) is 1.65. The van der Waals surface area contributed by atoms with E-state index >= 15 is 0 Å². The molecule has 3 aromatic rings. The summed E-state index contributed by atoms with van der Waals surface area (Å²) in [7, 11) is 0. The lowest BCUT2D eigenvalue weighted by molar-refractivity contribution is 0.0517. The molecular weight excluding hydrogens is 415 g/mol. The average Bonchev–Trinajstić information content (AvgIpc) is 3.31. The summed E-state index contributed by atoms with van der Waals surface area (Å²) in [5.41, 5.74) is 1.15. The zero-order valence-electron chi connectivity index (χ0n) is 15.2. The Morgan fingerprint density at radius 2 is 2.21 bits per heavy atom. The zero-order valence-corrected chi connectivity index (χ0v) is 16.8. The molecule has 2 aromatic heterocycles. The third-order valence-electron chi connectivity index (χ3n) is 4.54. The second-order valence-corrected chi connectivity index (χ2v) is 8.35. The van der Waals surface area contributed by atoms with Crippen LogP contribution in [0.15, 0.2) is 40.3 Å². The number of fused-ring (bicyclic) bond motifs is 1. The number of ether oxygens (including phenoxy) is 1. The molecule has 3 heterocycles. The quantitative estimate of drug-likeness (QED) is 0.638. The Hall–Kier alpha value is -2.90. The number of aromatic nitrogens is 3. The Labute approximate surface area is 173 Å². The largest absolute Gasteiger partial charge is 0.461 e. The van der Waals surface area contributed by atoms with Crippen LogP contribution < -0.4 is 4.87 Å². The predicted octanol–water partition coefficient (Wildman–Crippen LogP) is 3.32. The molecule has 148 valence electrons. The number of thioether (sulfide) groups is 1. The minimum absolute atomic E-state index is 0.0834. The molecule has 0 radical (unpaired) electrons. The Bertz CT molecular complexity index is 1160. The highest BCUT2D eigenvalue weighted by molar-refractivity contribution is 7.99. The van der Waals surface area contributed by atoms with E-state index < -0.39 is 17.8 Å². The van der Waals surface area contributed by atoms with E-state index in [2.05, 4.69) is 16.2 Å². The van der Waals surface area contributed by atoms with Crippen molar-refractivity contribution in [1.29, 1.82) is 5.26 Å². The van der Waals surface area contributed by atoms with Crippen molar-refractivity contribution in [2.45, 2.75) is 17.9 Å². The third-order valence-corrected chi connectivity index (χ3v) is 6.77. The summed E-state index contributed by atoms with van der Waals surface area (Å²) in [5, 5.41) is 14.8. The fraction of sp³-hybridized carbons (Fsp3) is 0.263. The summed E-state index contributed by atoms with van der Waals surface area (Å²) in [4.78, 5) is 27.8. The summed E-state index contributed by atoms with van der Waals surface area (Å²) < 4.78 is 19.9. The van der Waals surface area contributed by atoms with Crippen molar-refractivity contribution in [3.63, 3.8) is 0 Å². The molecule has 29 heavy (non-hydrogen) atoms. The molecule has 1 aliphatic heterocycles. The molecule has 2 atom stereocenters. The fourth-order valence-corrected chi connectivity index (χ4v) is 5.59. The third kappa shape index (κ3) is 3.59. The lowest BCUT2D eigenvalue weighted by Crippen LogP contribution is -2.21. The summed E-state index contributed by atoms with van der Waals surface area (Å²) in [6.45, 7) is 1.87. The number of carbonyl (C=O) groups excluding carboxylic acids is 1. The molecule has 7 nitrogen and oxygen atoms in total. The number of esters is 1. The first kappa shape index (κ1) is 19.4. The standard InChI is InChI=1S/C19H15FN4O3S2/c1-2-27-18(25)15-13(8-24(23-15)12-5-3-11(20)4-6-12)14-10(7-21)9-28-17-16(14)29-19(26)22-17/h3-6,8,10,14H,2,9H2,1H3,(H,22,26)/t10-,14+/m0/s1. The van der Waals surface area contributed by atoms with E-state index in [9.17, 15) is 19.2 Å². The van der Waals surface area contributed by atoms with E-state index in [0.29, 0.717) is 26.9 Å². The number of hydrogen-bond donors (Lipinski definition) is 1. The first-order chi connectivity index (χ1) is 14.0. The number of hydrogen-bond acceptors (Lipinski definition) is 7. The molecule has 1 N–H and O–H groups in total. The number of rotatable bonds is 4. The van der Waals surface area contributed by atoms with Gasteiger partial charge in [-0.05, 0) is 31.2 Å². The maximum atomic E-state index is 13.3. The summed E-state index contributed by atoms with van der Waals surface area (Å²) >= 11 is 2.45. The van der Waals surface area contributed by atoms with E-state index in [1.54, 1.807) is 25.3 Å². The van der Waals surface area contributed by atoms with Crippen LogP contribution in [0, 0.1) is 23.1 Å². The Kier molecular flexibility index (Phi) is 5.25. The highest BCUT2D eigenvalue weighted by Crippen LogP contribution is 2.45. The molecule has 1 aliphatic rings. The van der Waals surface area contributed by atoms with Gasteiger partial charge in [0.15, 0.2) is 5.69 Å². The molecule has 0 amide bonds. The minimum Gasteiger partial charge on any atom is -0.461 e. The van der Waals surface area contributed by atoms with Gasteiger partial charge in [0.1, 0.15) is 5.82 Å². The number of nitrogens with zero attached hydrogens (tertiary/aromatic N) is 3. The van der Waals surface area contributed by atoms with Crippen LogP contribution in [0.5, 0.6) is 0 Å². The van der Waals surface area contributed by atoms with Crippen LogP contribution in [0.25, 0.3) is 5.69 Å². The van der Waals surface area contributed by atoms with Crippen LogP contribution in [-0.2, 0) is 4.74 Å². The molecule has 0 saturated heterocycles. The van der Waals surface area contributed by atoms with Crippen molar-refractivity contribution in [2.75, 3.05) is 12.4 Å². The average molecular weight is 430 g/mol. The second-order valence-electron chi connectivity index (χ2n) is 6.31. The molecular formula is C19H15FN4O3S2. The highest BCUT2D eigenvalue weighted by atomic mass is 32.2. The summed E-state index contributed by atoms with van der Waals surface area (Å²) in [6, 6.07) is 7.97. The topological polar surface area (TPSA) is 101 Å². The summed E-state index contributed by atoms with van der Waals surface area (Å²) in [5.74, 6) is -1.46. The van der Waals surface area contributed by atoms with Crippen LogP contribution in [0.3, 0.4) is 0 Å². The second kappa shape index (κ2) is 7.85. The number of benzene rings is 1. The number of H-pyrrole nitrogens is 1. The zero-order chi connectivity index (χ0) is 20.5. The van der Waals surface area contributed by atoms with Crippen LogP contribution in [0.4, 0.5) is 4.39 Å². The van der Waals surface area contributed by atoms with Crippen LogP contribution in [-0.4, -0.2) is 33.1 Å². The van der Waals surface area contributed by atoms with Gasteiger partial charge in [-0.2, -0.15) is 10.4 Å². The SMILES string of the molecule is CCOC(=O)c1nn(-c2ccc(F)cc2)cc1[C@@H]1c2sc(=O)[nH]c2SC[C@@H]1C#N. The van der Waals surface area contributed by atoms with Gasteiger partial charge in [0.2, 0.25) is 0 Å². The van der Waals surface area contributed by atoms with Crippen LogP contribution >= 0.6 is 23.1 Å². The molecule has 0 spiro atoms.